The molecule has 0 saturated carbocycles. The van der Waals surface area contributed by atoms with Gasteiger partial charge in [-0.15, -0.1) is 34.9 Å². The van der Waals surface area contributed by atoms with Crippen molar-refractivity contribution >= 4 is 10.8 Å². The number of fused-ring (bicyclic) bond motifs is 2. The Labute approximate surface area is 138 Å². The number of nitrogens with zero attached hydrogens (tertiary/aromatic N) is 1. The van der Waals surface area contributed by atoms with E-state index in [1.165, 1.54) is 27.5 Å². The van der Waals surface area contributed by atoms with Crippen LogP contribution in [-0.4, -0.2) is 4.98 Å². The minimum Gasteiger partial charge on any atom is -0.304 e. The Hall–Kier alpha value is -1.50. The van der Waals surface area contributed by atoms with Gasteiger partial charge < -0.3 is 4.98 Å². The third kappa shape index (κ3) is 1.90. The van der Waals surface area contributed by atoms with Crippen molar-refractivity contribution in [3.63, 3.8) is 0 Å². The first-order chi connectivity index (χ1) is 9.59. The molecular weight excluding hydrogens is 434 g/mol. The van der Waals surface area contributed by atoms with Gasteiger partial charge in [-0.1, -0.05) is 39.0 Å². The zero-order chi connectivity index (χ0) is 13.9. The van der Waals surface area contributed by atoms with Crippen molar-refractivity contribution in [2.45, 2.75) is 26.2 Å². The molecule has 2 heteroatoms. The number of aryl methyl sites for hydroxylation is 1. The van der Waals surface area contributed by atoms with Gasteiger partial charge in [-0.2, -0.15) is 0 Å². The second-order valence-electron chi connectivity index (χ2n) is 6.12. The van der Waals surface area contributed by atoms with Gasteiger partial charge in [-0.3, -0.25) is 0 Å². The maximum Gasteiger partial charge on any atom is 0.0167 e. The summed E-state index contributed by atoms with van der Waals surface area (Å²) >= 11 is 0. The molecule has 107 valence electrons. The molecule has 3 aromatic rings. The van der Waals surface area contributed by atoms with Crippen LogP contribution in [0.4, 0.5) is 0 Å². The fourth-order valence-corrected chi connectivity index (χ4v) is 3.39. The van der Waals surface area contributed by atoms with Crippen molar-refractivity contribution in [3.05, 3.63) is 65.4 Å². The van der Waals surface area contributed by atoms with Crippen molar-refractivity contribution in [2.24, 2.45) is 0 Å². The Kier molecular flexibility index (Phi) is 3.27. The van der Waals surface area contributed by atoms with Crippen LogP contribution >= 0.6 is 0 Å². The quantitative estimate of drug-likeness (QED) is 0.455. The number of rotatable bonds is 0. The van der Waals surface area contributed by atoms with Gasteiger partial charge in [0.05, 0.1) is 0 Å². The van der Waals surface area contributed by atoms with Gasteiger partial charge in [0.15, 0.2) is 0 Å². The molecule has 0 amide bonds. The summed E-state index contributed by atoms with van der Waals surface area (Å²) in [6, 6.07) is 16.5. The van der Waals surface area contributed by atoms with Crippen LogP contribution in [0.15, 0.2) is 42.6 Å². The molecule has 0 N–H and O–H groups in total. The van der Waals surface area contributed by atoms with E-state index in [2.05, 4.69) is 68.2 Å². The maximum atomic E-state index is 4.65. The predicted molar refractivity (Wildman–Crippen MR) is 82.9 cm³/mol. The number of aromatic nitrogens is 1. The average molecular weight is 451 g/mol. The number of hydrogen-bond acceptors (Lipinski definition) is 1. The normalized spacial score (nSPS) is 14.4. The Morgan fingerprint density at radius 3 is 2.62 bits per heavy atom. The Morgan fingerprint density at radius 2 is 1.81 bits per heavy atom. The molecule has 0 unspecified atom stereocenters. The van der Waals surface area contributed by atoms with E-state index >= 15 is 0 Å². The molecule has 1 radical (unpaired) electrons. The van der Waals surface area contributed by atoms with E-state index in [0.717, 1.165) is 11.3 Å². The molecule has 21 heavy (non-hydrogen) atoms. The summed E-state index contributed by atoms with van der Waals surface area (Å²) in [5.41, 5.74) is 6.09. The standard InChI is InChI=1S/C19H16N.Ir/c1-12-7-8-15-14(11-12)18-17-13(9-10-20-18)5-4-6-16(17)19(15,2)3;/h4-10H,1-3H3;/q-1;. The smallest absolute Gasteiger partial charge is 0.0167 e. The van der Waals surface area contributed by atoms with E-state index in [1.54, 1.807) is 0 Å². The van der Waals surface area contributed by atoms with Crippen LogP contribution in [0.1, 0.15) is 30.5 Å². The molecule has 4 rings (SSSR count). The Morgan fingerprint density at radius 1 is 1.00 bits per heavy atom. The van der Waals surface area contributed by atoms with Crippen LogP contribution < -0.4 is 0 Å². The summed E-state index contributed by atoms with van der Waals surface area (Å²) < 4.78 is 0. The molecule has 2 aromatic carbocycles. The number of hydrogen-bond donors (Lipinski definition) is 0. The molecular formula is C19H16IrN-. The molecule has 0 aliphatic heterocycles. The zero-order valence-electron chi connectivity index (χ0n) is 12.3. The van der Waals surface area contributed by atoms with Gasteiger partial charge >= 0.3 is 0 Å². The van der Waals surface area contributed by atoms with Crippen LogP contribution in [0, 0.1) is 13.0 Å². The van der Waals surface area contributed by atoms with Crippen molar-refractivity contribution in [3.8, 4) is 11.3 Å². The summed E-state index contributed by atoms with van der Waals surface area (Å²) in [5.74, 6) is 0. The first-order valence-electron chi connectivity index (χ1n) is 7.01. The molecule has 1 aromatic heterocycles. The van der Waals surface area contributed by atoms with E-state index in [9.17, 15) is 0 Å². The van der Waals surface area contributed by atoms with Crippen molar-refractivity contribution in [2.75, 3.05) is 0 Å². The number of pyridine rings is 1. The molecule has 0 bridgehead atoms. The molecule has 1 nitrogen and oxygen atoms in total. The first-order valence-corrected chi connectivity index (χ1v) is 7.01. The van der Waals surface area contributed by atoms with Crippen molar-refractivity contribution < 1.29 is 20.1 Å². The fraction of sp³-hybridized carbons (Fsp3) is 0.211. The Balaban J connectivity index is 0.00000132. The van der Waals surface area contributed by atoms with Crippen molar-refractivity contribution in [1.29, 1.82) is 0 Å². The molecule has 0 spiro atoms. The molecule has 0 atom stereocenters. The third-order valence-electron chi connectivity index (χ3n) is 4.47. The van der Waals surface area contributed by atoms with Crippen LogP contribution in [0.3, 0.4) is 0 Å². The summed E-state index contributed by atoms with van der Waals surface area (Å²) in [6.45, 7) is 6.67. The fourth-order valence-electron chi connectivity index (χ4n) is 3.39. The van der Waals surface area contributed by atoms with Gasteiger partial charge in [-0.05, 0) is 33.5 Å². The molecule has 1 heterocycles. The van der Waals surface area contributed by atoms with E-state index in [4.69, 9.17) is 0 Å². The minimum absolute atomic E-state index is 0. The summed E-state index contributed by atoms with van der Waals surface area (Å²) in [5, 5.41) is 2.55. The zero-order valence-corrected chi connectivity index (χ0v) is 14.7. The minimum atomic E-state index is -0.00488. The maximum absolute atomic E-state index is 4.65. The summed E-state index contributed by atoms with van der Waals surface area (Å²) in [6.07, 6.45) is 1.90. The average Bonchev–Trinajstić information content (AvgIpc) is 2.44. The van der Waals surface area contributed by atoms with Crippen LogP contribution in [0.25, 0.3) is 22.0 Å². The van der Waals surface area contributed by atoms with E-state index in [0.29, 0.717) is 0 Å². The first kappa shape index (κ1) is 14.4. The largest absolute Gasteiger partial charge is 0.304 e. The van der Waals surface area contributed by atoms with E-state index in [1.807, 2.05) is 6.20 Å². The van der Waals surface area contributed by atoms with E-state index in [-0.39, 0.29) is 25.5 Å². The van der Waals surface area contributed by atoms with Crippen LogP contribution in [0.5, 0.6) is 0 Å². The van der Waals surface area contributed by atoms with Crippen LogP contribution in [0.2, 0.25) is 0 Å². The SMILES string of the molecule is Cc1[c-]c2c(cc1)C(C)(C)c1cccc3ccnc-2c13.[Ir]. The van der Waals surface area contributed by atoms with Gasteiger partial charge in [0.2, 0.25) is 0 Å². The van der Waals surface area contributed by atoms with Gasteiger partial charge in [-0.25, -0.2) is 0 Å². The van der Waals surface area contributed by atoms with Crippen LogP contribution in [-0.2, 0) is 25.5 Å². The molecule has 1 aliphatic carbocycles. The number of benzene rings is 2. The second-order valence-corrected chi connectivity index (χ2v) is 6.12. The third-order valence-corrected chi connectivity index (χ3v) is 4.47. The second kappa shape index (κ2) is 4.76. The molecule has 1 aliphatic rings. The topological polar surface area (TPSA) is 12.9 Å². The summed E-state index contributed by atoms with van der Waals surface area (Å²) in [7, 11) is 0. The predicted octanol–water partition coefficient (Wildman–Crippen LogP) is 4.65. The van der Waals surface area contributed by atoms with Crippen molar-refractivity contribution in [1.82, 2.24) is 4.98 Å². The Bertz CT molecular complexity index is 844. The van der Waals surface area contributed by atoms with Gasteiger partial charge in [0.25, 0.3) is 0 Å². The van der Waals surface area contributed by atoms with E-state index < -0.39 is 0 Å². The molecule has 0 saturated heterocycles. The molecule has 0 fully saturated rings. The van der Waals surface area contributed by atoms with Gasteiger partial charge in [0.1, 0.15) is 0 Å². The monoisotopic (exact) mass is 451 g/mol. The summed E-state index contributed by atoms with van der Waals surface area (Å²) in [4.78, 5) is 4.65. The van der Waals surface area contributed by atoms with Gasteiger partial charge in [0, 0.05) is 26.3 Å².